The SMILES string of the molecule is Cc1cncc(NC(=O)N(CC(=O)O)C2CCCC2)c1. The number of carboxylic acids is 1. The maximum absolute atomic E-state index is 12.3. The first kappa shape index (κ1) is 14.3. The lowest BCUT2D eigenvalue weighted by molar-refractivity contribution is -0.138. The first-order valence-corrected chi connectivity index (χ1v) is 6.77. The van der Waals surface area contributed by atoms with Crippen molar-refractivity contribution in [2.45, 2.75) is 38.6 Å². The fourth-order valence-electron chi connectivity index (χ4n) is 2.55. The summed E-state index contributed by atoms with van der Waals surface area (Å²) in [5.74, 6) is -0.991. The highest BCUT2D eigenvalue weighted by Crippen LogP contribution is 2.24. The standard InChI is InChI=1S/C14H19N3O3/c1-10-6-11(8-15-7-10)16-14(20)17(9-13(18)19)12-4-2-3-5-12/h6-8,12H,2-5,9H2,1H3,(H,16,20)(H,18,19). The number of nitrogens with zero attached hydrogens (tertiary/aromatic N) is 2. The molecule has 1 aliphatic rings. The van der Waals surface area contributed by atoms with Crippen molar-refractivity contribution < 1.29 is 14.7 Å². The number of amides is 2. The number of urea groups is 1. The van der Waals surface area contributed by atoms with Gasteiger partial charge in [0, 0.05) is 12.2 Å². The number of pyridine rings is 1. The van der Waals surface area contributed by atoms with Gasteiger partial charge < -0.3 is 15.3 Å². The van der Waals surface area contributed by atoms with E-state index in [1.165, 1.54) is 4.90 Å². The molecule has 1 aliphatic carbocycles. The number of carbonyl (C=O) groups excluding carboxylic acids is 1. The van der Waals surface area contributed by atoms with E-state index in [0.717, 1.165) is 31.2 Å². The lowest BCUT2D eigenvalue weighted by atomic mass is 10.2. The van der Waals surface area contributed by atoms with Crippen LogP contribution in [-0.4, -0.2) is 39.6 Å². The molecule has 0 bridgehead atoms. The van der Waals surface area contributed by atoms with Crippen molar-refractivity contribution in [2.24, 2.45) is 0 Å². The van der Waals surface area contributed by atoms with Crippen molar-refractivity contribution >= 4 is 17.7 Å². The second-order valence-electron chi connectivity index (χ2n) is 5.14. The Morgan fingerprint density at radius 3 is 2.70 bits per heavy atom. The van der Waals surface area contributed by atoms with E-state index in [-0.39, 0.29) is 18.6 Å². The van der Waals surface area contributed by atoms with E-state index in [4.69, 9.17) is 5.11 Å². The van der Waals surface area contributed by atoms with Gasteiger partial charge in [-0.05, 0) is 31.4 Å². The Morgan fingerprint density at radius 1 is 1.40 bits per heavy atom. The van der Waals surface area contributed by atoms with Crippen LogP contribution in [0.2, 0.25) is 0 Å². The number of carboxylic acid groups (broad SMARTS) is 1. The average Bonchev–Trinajstić information content (AvgIpc) is 2.89. The molecule has 1 saturated carbocycles. The number of hydrogen-bond acceptors (Lipinski definition) is 3. The van der Waals surface area contributed by atoms with Gasteiger partial charge in [-0.2, -0.15) is 0 Å². The van der Waals surface area contributed by atoms with Crippen LogP contribution in [0.15, 0.2) is 18.5 Å². The van der Waals surface area contributed by atoms with Crippen molar-refractivity contribution in [1.82, 2.24) is 9.88 Å². The Morgan fingerprint density at radius 2 is 2.10 bits per heavy atom. The molecular formula is C14H19N3O3. The van der Waals surface area contributed by atoms with Crippen LogP contribution < -0.4 is 5.32 Å². The molecular weight excluding hydrogens is 258 g/mol. The Kier molecular flexibility index (Phi) is 4.55. The number of aliphatic carboxylic acids is 1. The van der Waals surface area contributed by atoms with Crippen LogP contribution in [0, 0.1) is 6.92 Å². The Balaban J connectivity index is 2.07. The Bertz CT molecular complexity index is 498. The van der Waals surface area contributed by atoms with Crippen LogP contribution in [0.5, 0.6) is 0 Å². The van der Waals surface area contributed by atoms with Gasteiger partial charge in [-0.3, -0.25) is 9.78 Å². The second-order valence-corrected chi connectivity index (χ2v) is 5.14. The molecule has 1 aromatic rings. The fourth-order valence-corrected chi connectivity index (χ4v) is 2.55. The van der Waals surface area contributed by atoms with Crippen LogP contribution in [-0.2, 0) is 4.79 Å². The topological polar surface area (TPSA) is 82.5 Å². The highest BCUT2D eigenvalue weighted by atomic mass is 16.4. The van der Waals surface area contributed by atoms with Gasteiger partial charge in [0.15, 0.2) is 0 Å². The monoisotopic (exact) mass is 277 g/mol. The lowest BCUT2D eigenvalue weighted by Gasteiger charge is -2.27. The summed E-state index contributed by atoms with van der Waals surface area (Å²) in [7, 11) is 0. The molecule has 1 aromatic heterocycles. The molecule has 1 heterocycles. The van der Waals surface area contributed by atoms with Crippen molar-refractivity contribution in [3.63, 3.8) is 0 Å². The van der Waals surface area contributed by atoms with Gasteiger partial charge in [-0.1, -0.05) is 12.8 Å². The average molecular weight is 277 g/mol. The summed E-state index contributed by atoms with van der Waals surface area (Å²) in [6.45, 7) is 1.62. The Hall–Kier alpha value is -2.11. The number of anilines is 1. The zero-order chi connectivity index (χ0) is 14.5. The van der Waals surface area contributed by atoms with E-state index >= 15 is 0 Å². The molecule has 2 rings (SSSR count). The van der Waals surface area contributed by atoms with Gasteiger partial charge in [0.05, 0.1) is 11.9 Å². The van der Waals surface area contributed by atoms with Crippen LogP contribution in [0.3, 0.4) is 0 Å². The molecule has 0 saturated heterocycles. The van der Waals surface area contributed by atoms with Crippen LogP contribution in [0.4, 0.5) is 10.5 Å². The third-order valence-electron chi connectivity index (χ3n) is 3.46. The zero-order valence-corrected chi connectivity index (χ0v) is 11.5. The third-order valence-corrected chi connectivity index (χ3v) is 3.46. The normalized spacial score (nSPS) is 15.1. The molecule has 0 spiro atoms. The molecule has 20 heavy (non-hydrogen) atoms. The summed E-state index contributed by atoms with van der Waals surface area (Å²) >= 11 is 0. The molecule has 0 radical (unpaired) electrons. The van der Waals surface area contributed by atoms with Crippen LogP contribution in [0.25, 0.3) is 0 Å². The maximum Gasteiger partial charge on any atom is 0.323 e. The molecule has 0 unspecified atom stereocenters. The highest BCUT2D eigenvalue weighted by Gasteiger charge is 2.28. The molecule has 0 aliphatic heterocycles. The van der Waals surface area contributed by atoms with Crippen LogP contribution >= 0.6 is 0 Å². The molecule has 1 fully saturated rings. The van der Waals surface area contributed by atoms with E-state index in [2.05, 4.69) is 10.3 Å². The quantitative estimate of drug-likeness (QED) is 0.884. The van der Waals surface area contributed by atoms with Crippen LogP contribution in [0.1, 0.15) is 31.2 Å². The highest BCUT2D eigenvalue weighted by molar-refractivity contribution is 5.91. The van der Waals surface area contributed by atoms with E-state index in [1.807, 2.05) is 6.92 Å². The first-order chi connectivity index (χ1) is 9.56. The molecule has 2 N–H and O–H groups in total. The number of nitrogens with one attached hydrogen (secondary N) is 1. The predicted molar refractivity (Wildman–Crippen MR) is 74.6 cm³/mol. The smallest absolute Gasteiger partial charge is 0.323 e. The molecule has 0 atom stereocenters. The van der Waals surface area contributed by atoms with Gasteiger partial charge in [-0.25, -0.2) is 4.79 Å². The second kappa shape index (κ2) is 6.36. The number of rotatable bonds is 4. The molecule has 108 valence electrons. The zero-order valence-electron chi connectivity index (χ0n) is 11.5. The summed E-state index contributed by atoms with van der Waals surface area (Å²) in [6.07, 6.45) is 7.07. The lowest BCUT2D eigenvalue weighted by Crippen LogP contribution is -2.44. The van der Waals surface area contributed by atoms with Gasteiger partial charge >= 0.3 is 12.0 Å². The van der Waals surface area contributed by atoms with E-state index in [9.17, 15) is 9.59 Å². The fraction of sp³-hybridized carbons (Fsp3) is 0.500. The molecule has 2 amide bonds. The first-order valence-electron chi connectivity index (χ1n) is 6.77. The molecule has 0 aromatic carbocycles. The predicted octanol–water partition coefficient (Wildman–Crippen LogP) is 2.25. The number of hydrogen-bond donors (Lipinski definition) is 2. The molecule has 6 heteroatoms. The van der Waals surface area contributed by atoms with E-state index in [0.29, 0.717) is 5.69 Å². The number of aryl methyl sites for hydroxylation is 1. The summed E-state index contributed by atoms with van der Waals surface area (Å²) in [6, 6.07) is 1.45. The minimum absolute atomic E-state index is 0.0175. The number of aromatic nitrogens is 1. The summed E-state index contributed by atoms with van der Waals surface area (Å²) in [5.41, 5.74) is 1.52. The van der Waals surface area contributed by atoms with Gasteiger partial charge in [0.25, 0.3) is 0 Å². The van der Waals surface area contributed by atoms with E-state index in [1.54, 1.807) is 18.5 Å². The van der Waals surface area contributed by atoms with Crippen molar-refractivity contribution in [2.75, 3.05) is 11.9 Å². The van der Waals surface area contributed by atoms with Gasteiger partial charge in [0.1, 0.15) is 6.54 Å². The maximum atomic E-state index is 12.3. The largest absolute Gasteiger partial charge is 0.480 e. The Labute approximate surface area is 117 Å². The third kappa shape index (κ3) is 3.69. The molecule has 6 nitrogen and oxygen atoms in total. The summed E-state index contributed by atoms with van der Waals surface area (Å²) in [4.78, 5) is 28.6. The van der Waals surface area contributed by atoms with E-state index < -0.39 is 5.97 Å². The minimum atomic E-state index is -0.991. The van der Waals surface area contributed by atoms with Gasteiger partial charge in [-0.15, -0.1) is 0 Å². The van der Waals surface area contributed by atoms with Crippen molar-refractivity contribution in [1.29, 1.82) is 0 Å². The number of carbonyl (C=O) groups is 2. The van der Waals surface area contributed by atoms with Crippen molar-refractivity contribution in [3.8, 4) is 0 Å². The summed E-state index contributed by atoms with van der Waals surface area (Å²) in [5, 5.41) is 11.7. The minimum Gasteiger partial charge on any atom is -0.480 e. The van der Waals surface area contributed by atoms with Crippen molar-refractivity contribution in [3.05, 3.63) is 24.0 Å². The van der Waals surface area contributed by atoms with Gasteiger partial charge in [0.2, 0.25) is 0 Å². The summed E-state index contributed by atoms with van der Waals surface area (Å²) < 4.78 is 0.